The Morgan fingerprint density at radius 3 is 2.50 bits per heavy atom. The molecule has 143 valence electrons. The summed E-state index contributed by atoms with van der Waals surface area (Å²) in [6.45, 7) is 4.61. The number of fused-ring (bicyclic) bond motifs is 2. The molecular formula is C24H23Cl2OZr. The number of rotatable bonds is 4. The van der Waals surface area contributed by atoms with Crippen molar-refractivity contribution in [3.8, 4) is 0 Å². The maximum atomic E-state index is 9.24. The molecule has 4 heteroatoms. The topological polar surface area (TPSA) is 20.2 Å². The average Bonchev–Trinajstić information content (AvgIpc) is 3.23. The van der Waals surface area contributed by atoms with Crippen molar-refractivity contribution < 1.29 is 56.1 Å². The van der Waals surface area contributed by atoms with E-state index in [1.165, 1.54) is 48.7 Å². The van der Waals surface area contributed by atoms with Gasteiger partial charge in [0, 0.05) is 6.61 Å². The Balaban J connectivity index is 0.00000131. The van der Waals surface area contributed by atoms with Crippen LogP contribution in [0.2, 0.25) is 0 Å². The van der Waals surface area contributed by atoms with Crippen LogP contribution in [0.5, 0.6) is 0 Å². The minimum Gasteiger partial charge on any atom is -1.00 e. The number of aliphatic hydroxyl groups excluding tert-OH is 1. The van der Waals surface area contributed by atoms with Gasteiger partial charge in [0.2, 0.25) is 0 Å². The second-order valence-corrected chi connectivity index (χ2v) is 7.02. The average molecular weight is 490 g/mol. The van der Waals surface area contributed by atoms with E-state index in [4.69, 9.17) is 0 Å². The minimum atomic E-state index is 0. The normalized spacial score (nSPS) is 13.0. The first-order valence-corrected chi connectivity index (χ1v) is 9.04. The van der Waals surface area contributed by atoms with E-state index in [0.717, 1.165) is 19.3 Å². The van der Waals surface area contributed by atoms with E-state index in [9.17, 15) is 5.11 Å². The second kappa shape index (κ2) is 10.7. The van der Waals surface area contributed by atoms with Gasteiger partial charge in [-0.15, -0.1) is 33.4 Å². The van der Waals surface area contributed by atoms with E-state index in [-0.39, 0.29) is 57.6 Å². The third-order valence-electron chi connectivity index (χ3n) is 5.16. The van der Waals surface area contributed by atoms with Crippen LogP contribution >= 0.6 is 0 Å². The maximum Gasteiger partial charge on any atom is 3.00 e. The van der Waals surface area contributed by atoms with Crippen LogP contribution in [0, 0.1) is 10.4 Å². The van der Waals surface area contributed by atoms with Crippen molar-refractivity contribution in [1.29, 1.82) is 0 Å². The van der Waals surface area contributed by atoms with Crippen molar-refractivity contribution >= 4 is 17.2 Å². The third-order valence-corrected chi connectivity index (χ3v) is 5.16. The predicted octanol–water partition coefficient (Wildman–Crippen LogP) is -2.33. The van der Waals surface area contributed by atoms with Crippen LogP contribution in [0.25, 0.3) is 17.2 Å². The molecule has 2 aliphatic rings. The van der Waals surface area contributed by atoms with Crippen LogP contribution in [0.3, 0.4) is 0 Å². The number of benzene rings is 2. The first-order chi connectivity index (χ1) is 12.2. The minimum absolute atomic E-state index is 0. The zero-order valence-electron chi connectivity index (χ0n) is 16.2. The zero-order chi connectivity index (χ0) is 17.4. The Morgan fingerprint density at radius 1 is 1.04 bits per heavy atom. The SMILES string of the molecule is CC(C)=c1ccc2c(c1C1=C(CCCO)C=CC1)[C-]=c1ccccc1=2.[Cl-].[Cl-].[Zr+3]. The Labute approximate surface area is 198 Å². The van der Waals surface area contributed by atoms with Gasteiger partial charge < -0.3 is 29.9 Å². The number of allylic oxidation sites excluding steroid dienone is 4. The standard InChI is InChI=1S/C24H23O.2ClH.Zr/c1-16(2)19-12-13-22-20-10-4-3-7-18(20)15-23(22)24(19)21-11-5-8-17(21)9-6-14-25;;;/h3-5,7-8,10,12-13,25H,6,9,11,14H2,1-2H3;2*1H;/q-1;;;+3/p-2. The molecule has 0 fully saturated rings. The number of halogens is 2. The first-order valence-electron chi connectivity index (χ1n) is 9.04. The molecule has 1 nitrogen and oxygen atoms in total. The molecule has 1 N–H and O–H groups in total. The van der Waals surface area contributed by atoms with Crippen LogP contribution in [0.15, 0.2) is 54.1 Å². The molecule has 28 heavy (non-hydrogen) atoms. The summed E-state index contributed by atoms with van der Waals surface area (Å²) in [5.41, 5.74) is 6.67. The van der Waals surface area contributed by atoms with Gasteiger partial charge in [-0.05, 0) is 33.1 Å². The van der Waals surface area contributed by atoms with Crippen LogP contribution in [-0.4, -0.2) is 11.7 Å². The Morgan fingerprint density at radius 2 is 1.79 bits per heavy atom. The van der Waals surface area contributed by atoms with Gasteiger partial charge in [-0.1, -0.05) is 70.0 Å². The fraction of sp³-hybridized carbons (Fsp3) is 0.250. The molecule has 2 aromatic rings. The fourth-order valence-corrected chi connectivity index (χ4v) is 3.97. The van der Waals surface area contributed by atoms with Crippen LogP contribution in [0.4, 0.5) is 0 Å². The smallest absolute Gasteiger partial charge is 1.00 e. The van der Waals surface area contributed by atoms with Crippen LogP contribution < -0.4 is 35.3 Å². The summed E-state index contributed by atoms with van der Waals surface area (Å²) < 4.78 is 0. The van der Waals surface area contributed by atoms with E-state index in [0.29, 0.717) is 0 Å². The van der Waals surface area contributed by atoms with Crippen molar-refractivity contribution in [3.05, 3.63) is 86.1 Å². The van der Waals surface area contributed by atoms with Gasteiger partial charge in [-0.3, -0.25) is 0 Å². The van der Waals surface area contributed by atoms with Crippen LogP contribution in [0.1, 0.15) is 44.2 Å². The van der Waals surface area contributed by atoms with E-state index in [1.807, 2.05) is 0 Å². The molecule has 0 aromatic heterocycles. The molecule has 0 amide bonds. The summed E-state index contributed by atoms with van der Waals surface area (Å²) in [4.78, 5) is 0. The summed E-state index contributed by atoms with van der Waals surface area (Å²) in [5, 5.41) is 14.3. The molecule has 0 saturated heterocycles. The first kappa shape index (κ1) is 25.1. The van der Waals surface area contributed by atoms with Crippen molar-refractivity contribution in [2.75, 3.05) is 6.61 Å². The van der Waals surface area contributed by atoms with E-state index >= 15 is 0 Å². The maximum absolute atomic E-state index is 9.24. The van der Waals surface area contributed by atoms with Gasteiger partial charge in [-0.25, -0.2) is 0 Å². The Hall–Kier alpha value is -0.917. The summed E-state index contributed by atoms with van der Waals surface area (Å²) >= 11 is 0. The molecule has 2 aromatic carbocycles. The van der Waals surface area contributed by atoms with Gasteiger partial charge >= 0.3 is 26.2 Å². The Kier molecular flexibility index (Phi) is 9.64. The molecule has 0 saturated carbocycles. The molecule has 0 aliphatic heterocycles. The van der Waals surface area contributed by atoms with Crippen LogP contribution in [-0.2, 0) is 26.2 Å². The van der Waals surface area contributed by atoms with Crippen molar-refractivity contribution in [3.63, 3.8) is 0 Å². The molecule has 0 atom stereocenters. The molecule has 0 heterocycles. The molecule has 1 radical (unpaired) electrons. The van der Waals surface area contributed by atoms with Crippen molar-refractivity contribution in [1.82, 2.24) is 0 Å². The summed E-state index contributed by atoms with van der Waals surface area (Å²) in [6.07, 6.45) is 10.9. The summed E-state index contributed by atoms with van der Waals surface area (Å²) in [6, 6.07) is 13.0. The van der Waals surface area contributed by atoms with E-state index < -0.39 is 0 Å². The van der Waals surface area contributed by atoms with Gasteiger partial charge in [-0.2, -0.15) is 0 Å². The van der Waals surface area contributed by atoms with Crippen molar-refractivity contribution in [2.45, 2.75) is 33.1 Å². The number of hydrogen-bond acceptors (Lipinski definition) is 1. The van der Waals surface area contributed by atoms with E-state index in [1.54, 1.807) is 0 Å². The van der Waals surface area contributed by atoms with Crippen molar-refractivity contribution in [2.24, 2.45) is 0 Å². The second-order valence-electron chi connectivity index (χ2n) is 7.02. The molecule has 2 aliphatic carbocycles. The van der Waals surface area contributed by atoms with Gasteiger partial charge in [0.1, 0.15) is 0 Å². The Bertz CT molecular complexity index is 1130. The van der Waals surface area contributed by atoms with E-state index in [2.05, 4.69) is 68.5 Å². The fourth-order valence-electron chi connectivity index (χ4n) is 3.97. The molecular weight excluding hydrogens is 466 g/mol. The predicted molar refractivity (Wildman–Crippen MR) is 104 cm³/mol. The van der Waals surface area contributed by atoms with Gasteiger partial charge in [0.05, 0.1) is 0 Å². The zero-order valence-corrected chi connectivity index (χ0v) is 20.1. The largest absolute Gasteiger partial charge is 3.00 e. The summed E-state index contributed by atoms with van der Waals surface area (Å²) in [7, 11) is 0. The van der Waals surface area contributed by atoms with Gasteiger partial charge in [0.15, 0.2) is 0 Å². The molecule has 4 rings (SSSR count). The summed E-state index contributed by atoms with van der Waals surface area (Å²) in [5.74, 6) is 0. The molecule has 0 spiro atoms. The van der Waals surface area contributed by atoms with Gasteiger partial charge in [0.25, 0.3) is 0 Å². The third kappa shape index (κ3) is 4.46. The monoisotopic (exact) mass is 487 g/mol. The molecule has 0 unspecified atom stereocenters. The number of hydrogen-bond donors (Lipinski definition) is 1. The number of aliphatic hydroxyl groups is 1. The quantitative estimate of drug-likeness (QED) is 0.408. The molecule has 0 bridgehead atoms.